The van der Waals surface area contributed by atoms with Gasteiger partial charge in [0.05, 0.1) is 23.5 Å². The lowest BCUT2D eigenvalue weighted by atomic mass is 9.79. The predicted octanol–water partition coefficient (Wildman–Crippen LogP) is 3.40. The minimum Gasteiger partial charge on any atom is -0.460 e. The number of hydrogen-bond donors (Lipinski definition) is 0. The van der Waals surface area contributed by atoms with E-state index in [9.17, 15) is 17.6 Å². The predicted molar refractivity (Wildman–Crippen MR) is 112 cm³/mol. The minimum absolute atomic E-state index is 0.0393. The molecule has 31 heavy (non-hydrogen) atoms. The van der Waals surface area contributed by atoms with Gasteiger partial charge in [0.25, 0.3) is 0 Å². The van der Waals surface area contributed by atoms with Crippen LogP contribution in [0.5, 0.6) is 0 Å². The fourth-order valence-electron chi connectivity index (χ4n) is 4.39. The third-order valence-corrected chi connectivity index (χ3v) is 8.00. The highest BCUT2D eigenvalue weighted by atomic mass is 32.2. The first-order valence-electron chi connectivity index (χ1n) is 10.5. The maximum Gasteiger partial charge on any atom is 0.316 e. The Kier molecular flexibility index (Phi) is 6.41. The molecule has 0 bridgehead atoms. The Balaban J connectivity index is 1.50. The van der Waals surface area contributed by atoms with E-state index in [1.165, 1.54) is 16.4 Å². The zero-order valence-corrected chi connectivity index (χ0v) is 18.1. The monoisotopic (exact) mass is 447 g/mol. The number of ether oxygens (including phenoxy) is 2. The second kappa shape index (κ2) is 9.06. The van der Waals surface area contributed by atoms with E-state index in [1.807, 2.05) is 0 Å². The lowest BCUT2D eigenvalue weighted by molar-refractivity contribution is -0.152. The molecule has 0 unspecified atom stereocenters. The molecule has 1 heterocycles. The Hall–Kier alpha value is -2.29. The third-order valence-electron chi connectivity index (χ3n) is 6.10. The zero-order chi connectivity index (χ0) is 21.9. The minimum atomic E-state index is -3.63. The fourth-order valence-corrected chi connectivity index (χ4v) is 5.87. The molecule has 6 nitrogen and oxygen atoms in total. The molecule has 8 heteroatoms. The quantitative estimate of drug-likeness (QED) is 0.635. The Morgan fingerprint density at radius 1 is 1.06 bits per heavy atom. The second-order valence-electron chi connectivity index (χ2n) is 8.04. The van der Waals surface area contributed by atoms with E-state index < -0.39 is 21.4 Å². The van der Waals surface area contributed by atoms with E-state index in [4.69, 9.17) is 9.47 Å². The summed E-state index contributed by atoms with van der Waals surface area (Å²) in [5.74, 6) is -0.769. The van der Waals surface area contributed by atoms with Crippen LogP contribution in [0.15, 0.2) is 53.4 Å². The first kappa shape index (κ1) is 21.9. The van der Waals surface area contributed by atoms with Crippen molar-refractivity contribution in [3.63, 3.8) is 0 Å². The molecular formula is C23H26FNO5S. The summed E-state index contributed by atoms with van der Waals surface area (Å²) in [7, 11) is -3.63. The third kappa shape index (κ3) is 4.51. The normalized spacial score (nSPS) is 19.3. The number of benzene rings is 2. The van der Waals surface area contributed by atoms with Gasteiger partial charge in [-0.2, -0.15) is 4.31 Å². The molecule has 1 saturated carbocycles. The number of carbonyl (C=O) groups is 1. The van der Waals surface area contributed by atoms with Crippen molar-refractivity contribution >= 4 is 16.0 Å². The van der Waals surface area contributed by atoms with Gasteiger partial charge in [-0.3, -0.25) is 4.79 Å². The topological polar surface area (TPSA) is 72.9 Å². The Morgan fingerprint density at radius 3 is 2.48 bits per heavy atom. The molecule has 1 aliphatic carbocycles. The van der Waals surface area contributed by atoms with Gasteiger partial charge in [-0.05, 0) is 48.2 Å². The molecule has 0 amide bonds. The number of nitrogens with zero attached hydrogens (tertiary/aromatic N) is 1. The second-order valence-corrected chi connectivity index (χ2v) is 9.98. The lowest BCUT2D eigenvalue weighted by Gasteiger charge is -2.27. The zero-order valence-electron chi connectivity index (χ0n) is 17.3. The molecule has 1 saturated heterocycles. The number of rotatable bonds is 6. The Labute approximate surface area is 182 Å². The van der Waals surface area contributed by atoms with E-state index >= 15 is 0 Å². The molecule has 0 spiro atoms. The van der Waals surface area contributed by atoms with Crippen LogP contribution < -0.4 is 0 Å². The summed E-state index contributed by atoms with van der Waals surface area (Å²) >= 11 is 0. The molecule has 2 fully saturated rings. The fraction of sp³-hybridized carbons (Fsp3) is 0.435. The van der Waals surface area contributed by atoms with E-state index in [2.05, 4.69) is 0 Å². The van der Waals surface area contributed by atoms with Crippen LogP contribution in [0.3, 0.4) is 0 Å². The molecule has 0 aromatic heterocycles. The van der Waals surface area contributed by atoms with Crippen LogP contribution in [0.4, 0.5) is 4.39 Å². The summed E-state index contributed by atoms with van der Waals surface area (Å²) < 4.78 is 51.8. The number of morpholine rings is 1. The highest BCUT2D eigenvalue weighted by Gasteiger charge is 2.44. The van der Waals surface area contributed by atoms with Crippen LogP contribution in [-0.4, -0.2) is 45.0 Å². The van der Waals surface area contributed by atoms with E-state index in [1.54, 1.807) is 36.4 Å². The van der Waals surface area contributed by atoms with Crippen LogP contribution >= 0.6 is 0 Å². The lowest BCUT2D eigenvalue weighted by Crippen LogP contribution is -2.40. The molecule has 0 atom stereocenters. The largest absolute Gasteiger partial charge is 0.460 e. The van der Waals surface area contributed by atoms with E-state index in [-0.39, 0.29) is 17.3 Å². The molecular weight excluding hydrogens is 421 g/mol. The van der Waals surface area contributed by atoms with Gasteiger partial charge in [0, 0.05) is 13.1 Å². The summed E-state index contributed by atoms with van der Waals surface area (Å²) in [4.78, 5) is 13.3. The van der Waals surface area contributed by atoms with Crippen LogP contribution in [-0.2, 0) is 36.3 Å². The molecule has 0 radical (unpaired) electrons. The van der Waals surface area contributed by atoms with Crippen molar-refractivity contribution in [2.75, 3.05) is 26.3 Å². The maximum atomic E-state index is 13.8. The van der Waals surface area contributed by atoms with Gasteiger partial charge in [-0.25, -0.2) is 12.8 Å². The van der Waals surface area contributed by atoms with Crippen molar-refractivity contribution in [2.45, 2.75) is 42.6 Å². The van der Waals surface area contributed by atoms with Gasteiger partial charge in [0.1, 0.15) is 12.4 Å². The van der Waals surface area contributed by atoms with Crippen LogP contribution in [0.1, 0.15) is 36.8 Å². The number of halogens is 1. The van der Waals surface area contributed by atoms with Crippen molar-refractivity contribution in [1.82, 2.24) is 4.31 Å². The molecule has 1 aliphatic heterocycles. The molecule has 2 aliphatic rings. The summed E-state index contributed by atoms with van der Waals surface area (Å²) in [6, 6.07) is 12.6. The molecule has 2 aromatic rings. The van der Waals surface area contributed by atoms with Crippen molar-refractivity contribution in [1.29, 1.82) is 0 Å². The average Bonchev–Trinajstić information content (AvgIpc) is 3.30. The van der Waals surface area contributed by atoms with Crippen molar-refractivity contribution in [3.8, 4) is 0 Å². The highest BCUT2D eigenvalue weighted by molar-refractivity contribution is 7.89. The number of esters is 1. The summed E-state index contributed by atoms with van der Waals surface area (Å²) in [6.45, 7) is 1.34. The van der Waals surface area contributed by atoms with Gasteiger partial charge in [-0.15, -0.1) is 0 Å². The smallest absolute Gasteiger partial charge is 0.316 e. The van der Waals surface area contributed by atoms with E-state index in [0.29, 0.717) is 50.3 Å². The Bertz CT molecular complexity index is 1040. The highest BCUT2D eigenvalue weighted by Crippen LogP contribution is 2.42. The number of hydrogen-bond acceptors (Lipinski definition) is 5. The maximum absolute atomic E-state index is 13.8. The van der Waals surface area contributed by atoms with Gasteiger partial charge in [0.2, 0.25) is 10.0 Å². The van der Waals surface area contributed by atoms with Gasteiger partial charge in [0.15, 0.2) is 0 Å². The van der Waals surface area contributed by atoms with Gasteiger partial charge in [-0.1, -0.05) is 37.1 Å². The van der Waals surface area contributed by atoms with E-state index in [0.717, 1.165) is 12.8 Å². The summed E-state index contributed by atoms with van der Waals surface area (Å²) in [6.07, 6.45) is 2.97. The van der Waals surface area contributed by atoms with Gasteiger partial charge < -0.3 is 9.47 Å². The SMILES string of the molecule is O=C(OCc1cccc(S(=O)(=O)N2CCOCC2)c1)C1(c2cccc(F)c2)CCCC1. The van der Waals surface area contributed by atoms with Crippen molar-refractivity contribution < 1.29 is 27.1 Å². The summed E-state index contributed by atoms with van der Waals surface area (Å²) in [5.41, 5.74) is 0.383. The number of carbonyl (C=O) groups excluding carboxylic acids is 1. The Morgan fingerprint density at radius 2 is 1.77 bits per heavy atom. The molecule has 4 rings (SSSR count). The van der Waals surface area contributed by atoms with Crippen LogP contribution in [0, 0.1) is 5.82 Å². The summed E-state index contributed by atoms with van der Waals surface area (Å²) in [5, 5.41) is 0. The first-order chi connectivity index (χ1) is 14.9. The first-order valence-corrected chi connectivity index (χ1v) is 12.0. The molecule has 2 aromatic carbocycles. The molecule has 166 valence electrons. The van der Waals surface area contributed by atoms with Crippen LogP contribution in [0.2, 0.25) is 0 Å². The van der Waals surface area contributed by atoms with Crippen LogP contribution in [0.25, 0.3) is 0 Å². The van der Waals surface area contributed by atoms with Crippen molar-refractivity contribution in [3.05, 3.63) is 65.5 Å². The molecule has 0 N–H and O–H groups in total. The van der Waals surface area contributed by atoms with Gasteiger partial charge >= 0.3 is 5.97 Å². The average molecular weight is 448 g/mol. The number of sulfonamides is 1. The van der Waals surface area contributed by atoms with Crippen molar-refractivity contribution in [2.24, 2.45) is 0 Å². The standard InChI is InChI=1S/C23H26FNO5S/c24-20-7-4-6-19(16-20)23(9-1-2-10-23)22(26)30-17-18-5-3-8-21(15-18)31(27,28)25-11-13-29-14-12-25/h3-8,15-16H,1-2,9-14,17H2.